The number of hydrogen-bond donors (Lipinski definition) is 1. The summed E-state index contributed by atoms with van der Waals surface area (Å²) in [6.07, 6.45) is -0.336. The number of ether oxygens (including phenoxy) is 2. The third-order valence-electron chi connectivity index (χ3n) is 4.62. The Morgan fingerprint density at radius 3 is 2.33 bits per heavy atom. The number of esters is 1. The average Bonchev–Trinajstić information content (AvgIpc) is 3.00. The van der Waals surface area contributed by atoms with Crippen LogP contribution in [0.4, 0.5) is 8.78 Å². The van der Waals surface area contributed by atoms with Gasteiger partial charge in [0.2, 0.25) is 0 Å². The quantitative estimate of drug-likeness (QED) is 0.473. The zero-order chi connectivity index (χ0) is 24.1. The smallest absolute Gasteiger partial charge is 0.387 e. The van der Waals surface area contributed by atoms with E-state index in [0.717, 1.165) is 22.6 Å². The number of fused-ring (bicyclic) bond motifs is 1. The first-order valence-electron chi connectivity index (χ1n) is 9.67. The van der Waals surface area contributed by atoms with E-state index in [1.54, 1.807) is 25.1 Å². The molecule has 0 radical (unpaired) electrons. The van der Waals surface area contributed by atoms with Crippen LogP contribution in [-0.2, 0) is 14.3 Å². The molecule has 0 saturated heterocycles. The predicted molar refractivity (Wildman–Crippen MR) is 108 cm³/mol. The number of amides is 4. The van der Waals surface area contributed by atoms with Crippen LogP contribution in [0.3, 0.4) is 0 Å². The van der Waals surface area contributed by atoms with Gasteiger partial charge in [-0.3, -0.25) is 34.2 Å². The molecule has 4 amide bonds. The molecule has 1 heterocycles. The second kappa shape index (κ2) is 9.98. The molecule has 1 aliphatic rings. The zero-order valence-corrected chi connectivity index (χ0v) is 17.3. The molecule has 0 spiro atoms. The van der Waals surface area contributed by atoms with Crippen molar-refractivity contribution in [3.63, 3.8) is 0 Å². The van der Waals surface area contributed by atoms with Gasteiger partial charge in [0.15, 0.2) is 6.61 Å². The summed E-state index contributed by atoms with van der Waals surface area (Å²) in [4.78, 5) is 61.4. The lowest BCUT2D eigenvalue weighted by Crippen LogP contribution is -2.35. The summed E-state index contributed by atoms with van der Waals surface area (Å²) < 4.78 is 33.2. The average molecular weight is 460 g/mol. The number of carbonyl (C=O) groups excluding carboxylic acids is 5. The molecule has 0 atom stereocenters. The van der Waals surface area contributed by atoms with Gasteiger partial charge >= 0.3 is 12.6 Å². The number of halogens is 2. The molecule has 0 saturated carbocycles. The van der Waals surface area contributed by atoms with E-state index in [-0.39, 0.29) is 35.4 Å². The summed E-state index contributed by atoms with van der Waals surface area (Å²) in [7, 11) is 0. The first-order chi connectivity index (χ1) is 15.7. The van der Waals surface area contributed by atoms with Crippen molar-refractivity contribution >= 4 is 29.6 Å². The lowest BCUT2D eigenvalue weighted by molar-refractivity contribution is -0.148. The third-order valence-corrected chi connectivity index (χ3v) is 4.62. The molecule has 0 aliphatic carbocycles. The molecule has 1 aliphatic heterocycles. The van der Waals surface area contributed by atoms with Gasteiger partial charge in [0, 0.05) is 12.1 Å². The van der Waals surface area contributed by atoms with Crippen LogP contribution >= 0.6 is 0 Å². The van der Waals surface area contributed by atoms with Gasteiger partial charge in [-0.25, -0.2) is 0 Å². The van der Waals surface area contributed by atoms with Crippen LogP contribution in [-0.4, -0.2) is 54.3 Å². The van der Waals surface area contributed by atoms with Crippen LogP contribution in [0, 0.1) is 6.92 Å². The number of nitrogens with one attached hydrogen (secondary N) is 1. The van der Waals surface area contributed by atoms with E-state index in [0.29, 0.717) is 0 Å². The Morgan fingerprint density at radius 2 is 1.67 bits per heavy atom. The lowest BCUT2D eigenvalue weighted by Gasteiger charge is -2.13. The Bertz CT molecular complexity index is 1120. The fraction of sp³-hybridized carbons (Fsp3) is 0.227. The van der Waals surface area contributed by atoms with E-state index in [1.807, 2.05) is 5.32 Å². The molecule has 2 aromatic carbocycles. The van der Waals surface area contributed by atoms with Crippen molar-refractivity contribution in [2.24, 2.45) is 0 Å². The molecule has 11 heteroatoms. The van der Waals surface area contributed by atoms with Crippen LogP contribution in [0.2, 0.25) is 0 Å². The van der Waals surface area contributed by atoms with Gasteiger partial charge in [-0.2, -0.15) is 8.78 Å². The number of aryl methyl sites for hydroxylation is 1. The van der Waals surface area contributed by atoms with Crippen LogP contribution in [0.1, 0.15) is 43.1 Å². The van der Waals surface area contributed by atoms with E-state index in [1.165, 1.54) is 12.1 Å². The fourth-order valence-corrected chi connectivity index (χ4v) is 3.05. The molecule has 172 valence electrons. The van der Waals surface area contributed by atoms with Crippen LogP contribution in [0.25, 0.3) is 0 Å². The van der Waals surface area contributed by atoms with Crippen molar-refractivity contribution in [1.82, 2.24) is 10.2 Å². The van der Waals surface area contributed by atoms with E-state index < -0.39 is 42.8 Å². The lowest BCUT2D eigenvalue weighted by atomic mass is 10.1. The summed E-state index contributed by atoms with van der Waals surface area (Å²) in [6.45, 7) is -2.22. The molecular weight excluding hydrogens is 442 g/mol. The Morgan fingerprint density at radius 1 is 1.00 bits per heavy atom. The number of alkyl halides is 2. The van der Waals surface area contributed by atoms with E-state index in [9.17, 15) is 32.8 Å². The van der Waals surface area contributed by atoms with Gasteiger partial charge in [0.05, 0.1) is 17.5 Å². The summed E-state index contributed by atoms with van der Waals surface area (Å²) in [5, 5.41) is 1.98. The van der Waals surface area contributed by atoms with Crippen LogP contribution < -0.4 is 10.1 Å². The van der Waals surface area contributed by atoms with E-state index in [4.69, 9.17) is 4.74 Å². The highest BCUT2D eigenvalue weighted by molar-refractivity contribution is 6.21. The zero-order valence-electron chi connectivity index (χ0n) is 17.3. The highest BCUT2D eigenvalue weighted by Crippen LogP contribution is 2.24. The molecule has 0 fully saturated rings. The molecule has 0 aromatic heterocycles. The monoisotopic (exact) mass is 460 g/mol. The second-order valence-corrected chi connectivity index (χ2v) is 7.00. The summed E-state index contributed by atoms with van der Waals surface area (Å²) in [5.41, 5.74) is 1.33. The van der Waals surface area contributed by atoms with Crippen molar-refractivity contribution in [1.29, 1.82) is 0 Å². The maximum atomic E-state index is 12.4. The largest absolute Gasteiger partial charge is 0.456 e. The number of benzene rings is 2. The Balaban J connectivity index is 1.43. The minimum absolute atomic E-state index is 0.00264. The standard InChI is InChI=1S/C22H18F2N2O7/c1-12-2-7-15-16(10-12)21(31)26(20(15)30)9-8-18(28)32-11-17(27)25-19(29)13-3-5-14(6-4-13)33-22(23)24/h2-7,10,22H,8-9,11H2,1H3,(H,25,27,29). The van der Waals surface area contributed by atoms with Gasteiger partial charge in [0.25, 0.3) is 23.6 Å². The van der Waals surface area contributed by atoms with Gasteiger partial charge in [-0.1, -0.05) is 11.6 Å². The molecular formula is C22H18F2N2O7. The van der Waals surface area contributed by atoms with Crippen LogP contribution in [0.15, 0.2) is 42.5 Å². The minimum atomic E-state index is -3.01. The highest BCUT2D eigenvalue weighted by atomic mass is 19.3. The van der Waals surface area contributed by atoms with Crippen molar-refractivity contribution < 1.29 is 42.2 Å². The second-order valence-electron chi connectivity index (χ2n) is 7.00. The minimum Gasteiger partial charge on any atom is -0.456 e. The first kappa shape index (κ1) is 23.5. The van der Waals surface area contributed by atoms with Gasteiger partial charge < -0.3 is 9.47 Å². The van der Waals surface area contributed by atoms with Crippen LogP contribution in [0.5, 0.6) is 5.75 Å². The maximum Gasteiger partial charge on any atom is 0.387 e. The van der Waals surface area contributed by atoms with Crippen molar-refractivity contribution in [3.8, 4) is 5.75 Å². The molecule has 33 heavy (non-hydrogen) atoms. The summed E-state index contributed by atoms with van der Waals surface area (Å²) in [5.74, 6) is -3.79. The molecule has 2 aromatic rings. The Labute approximate surface area is 186 Å². The topological polar surface area (TPSA) is 119 Å². The fourth-order valence-electron chi connectivity index (χ4n) is 3.05. The number of nitrogens with zero attached hydrogens (tertiary/aromatic N) is 1. The first-order valence-corrected chi connectivity index (χ1v) is 9.67. The van der Waals surface area contributed by atoms with Crippen molar-refractivity contribution in [3.05, 3.63) is 64.7 Å². The third kappa shape index (κ3) is 5.76. The summed E-state index contributed by atoms with van der Waals surface area (Å²) in [6, 6.07) is 9.45. The Hall–Kier alpha value is -4.15. The van der Waals surface area contributed by atoms with E-state index in [2.05, 4.69) is 4.74 Å². The number of carbonyl (C=O) groups is 5. The van der Waals surface area contributed by atoms with Crippen molar-refractivity contribution in [2.75, 3.05) is 13.2 Å². The maximum absolute atomic E-state index is 12.4. The summed E-state index contributed by atoms with van der Waals surface area (Å²) >= 11 is 0. The molecule has 9 nitrogen and oxygen atoms in total. The Kier molecular flexibility index (Phi) is 7.11. The van der Waals surface area contributed by atoms with Gasteiger partial charge in [-0.05, 0) is 43.3 Å². The van der Waals surface area contributed by atoms with Crippen molar-refractivity contribution in [2.45, 2.75) is 20.0 Å². The number of imide groups is 2. The molecule has 1 N–H and O–H groups in total. The predicted octanol–water partition coefficient (Wildman–Crippen LogP) is 2.08. The molecule has 0 bridgehead atoms. The number of rotatable bonds is 8. The van der Waals surface area contributed by atoms with Gasteiger partial charge in [0.1, 0.15) is 5.75 Å². The van der Waals surface area contributed by atoms with Gasteiger partial charge in [-0.15, -0.1) is 0 Å². The SMILES string of the molecule is Cc1ccc2c(c1)C(=O)N(CCC(=O)OCC(=O)NC(=O)c1ccc(OC(F)F)cc1)C2=O. The molecule has 3 rings (SSSR count). The highest BCUT2D eigenvalue weighted by Gasteiger charge is 2.35. The normalized spacial score (nSPS) is 12.5. The van der Waals surface area contributed by atoms with E-state index >= 15 is 0 Å². The molecule has 0 unspecified atom stereocenters. The number of hydrogen-bond acceptors (Lipinski definition) is 7.